The fourth-order valence-corrected chi connectivity index (χ4v) is 0.870. The van der Waals surface area contributed by atoms with Gasteiger partial charge in [-0.25, -0.2) is 4.98 Å². The fraction of sp³-hybridized carbons (Fsp3) is 0.429. The van der Waals surface area contributed by atoms with Crippen LogP contribution in [0.25, 0.3) is 0 Å². The summed E-state index contributed by atoms with van der Waals surface area (Å²) in [5.41, 5.74) is 5.96. The minimum absolute atomic E-state index is 0.214. The summed E-state index contributed by atoms with van der Waals surface area (Å²) in [5, 5.41) is 8.52. The first-order valence-corrected chi connectivity index (χ1v) is 3.69. The first-order chi connectivity index (χ1) is 6.13. The molecule has 6 heteroatoms. The number of carbonyl (C=O) groups is 1. The molecule has 0 spiro atoms. The van der Waals surface area contributed by atoms with Crippen LogP contribution in [0.5, 0.6) is 6.01 Å². The van der Waals surface area contributed by atoms with Crippen LogP contribution >= 0.6 is 0 Å². The maximum atomic E-state index is 10.4. The van der Waals surface area contributed by atoms with E-state index in [2.05, 4.69) is 9.97 Å². The number of ether oxygens (including phenoxy) is 1. The molecule has 0 radical (unpaired) electrons. The monoisotopic (exact) mass is 185 g/mol. The Bertz CT molecular complexity index is 297. The Hall–Kier alpha value is -1.56. The van der Waals surface area contributed by atoms with Gasteiger partial charge >= 0.3 is 5.97 Å². The Labute approximate surface area is 74.7 Å². The minimum atomic E-state index is -1.03. The van der Waals surface area contributed by atoms with Crippen molar-refractivity contribution in [1.82, 2.24) is 9.97 Å². The molecular formula is C7H11N3O3. The van der Waals surface area contributed by atoms with Gasteiger partial charge in [0.05, 0.1) is 13.3 Å². The van der Waals surface area contributed by atoms with Crippen LogP contribution in [0.15, 0.2) is 6.20 Å². The Morgan fingerprint density at radius 3 is 3.08 bits per heavy atom. The van der Waals surface area contributed by atoms with Crippen molar-refractivity contribution in [3.8, 4) is 6.01 Å². The van der Waals surface area contributed by atoms with Gasteiger partial charge in [0.2, 0.25) is 0 Å². The number of nitrogens with zero attached hydrogens (tertiary/aromatic N) is 1. The number of nitrogens with two attached hydrogens (primary N) is 1. The van der Waals surface area contributed by atoms with Gasteiger partial charge < -0.3 is 20.6 Å². The van der Waals surface area contributed by atoms with Crippen molar-refractivity contribution in [3.63, 3.8) is 0 Å². The number of hydrogen-bond donors (Lipinski definition) is 3. The largest absolute Gasteiger partial charge is 0.480 e. The van der Waals surface area contributed by atoms with E-state index in [-0.39, 0.29) is 6.42 Å². The van der Waals surface area contributed by atoms with E-state index < -0.39 is 12.0 Å². The number of rotatable bonds is 4. The third-order valence-electron chi connectivity index (χ3n) is 1.56. The Morgan fingerprint density at radius 1 is 1.92 bits per heavy atom. The number of carboxylic acid groups (broad SMARTS) is 1. The number of methoxy groups -OCH3 is 1. The zero-order valence-electron chi connectivity index (χ0n) is 7.15. The molecule has 1 atom stereocenters. The van der Waals surface area contributed by atoms with Crippen molar-refractivity contribution in [2.75, 3.05) is 7.11 Å². The molecule has 0 aliphatic rings. The molecule has 0 aromatic carbocycles. The number of hydrogen-bond acceptors (Lipinski definition) is 4. The first-order valence-electron chi connectivity index (χ1n) is 3.69. The number of nitrogens with one attached hydrogen (secondary N) is 1. The van der Waals surface area contributed by atoms with Crippen LogP contribution in [0, 0.1) is 0 Å². The van der Waals surface area contributed by atoms with Crippen LogP contribution < -0.4 is 10.5 Å². The quantitative estimate of drug-likeness (QED) is 0.579. The van der Waals surface area contributed by atoms with Gasteiger partial charge in [-0.1, -0.05) is 0 Å². The molecule has 6 nitrogen and oxygen atoms in total. The third-order valence-corrected chi connectivity index (χ3v) is 1.56. The molecule has 1 rings (SSSR count). The standard InChI is InChI=1S/C7H11N3O3/c1-13-7-9-3-4(10-7)2-5(8)6(11)12/h3,5H,2,8H2,1H3,(H,9,10)(H,11,12)/t5-/m0/s1. The highest BCUT2D eigenvalue weighted by atomic mass is 16.5. The maximum Gasteiger partial charge on any atom is 0.320 e. The molecule has 0 saturated carbocycles. The summed E-state index contributed by atoms with van der Waals surface area (Å²) >= 11 is 0. The van der Waals surface area contributed by atoms with Crippen molar-refractivity contribution >= 4 is 5.97 Å². The van der Waals surface area contributed by atoms with Gasteiger partial charge in [0, 0.05) is 12.1 Å². The van der Waals surface area contributed by atoms with Gasteiger partial charge in [-0.05, 0) is 0 Å². The normalized spacial score (nSPS) is 12.5. The molecule has 72 valence electrons. The SMILES string of the molecule is COc1ncc(C[C@H](N)C(=O)O)[nH]1. The average molecular weight is 185 g/mol. The highest BCUT2D eigenvalue weighted by molar-refractivity contribution is 5.73. The lowest BCUT2D eigenvalue weighted by Crippen LogP contribution is -2.32. The Kier molecular flexibility index (Phi) is 2.86. The summed E-state index contributed by atoms with van der Waals surface area (Å²) in [6, 6.07) is -0.558. The van der Waals surface area contributed by atoms with E-state index in [0.717, 1.165) is 0 Å². The zero-order chi connectivity index (χ0) is 9.84. The molecule has 0 aliphatic heterocycles. The summed E-state index contributed by atoms with van der Waals surface area (Å²) in [7, 11) is 1.47. The molecule has 1 heterocycles. The number of aromatic nitrogens is 2. The van der Waals surface area contributed by atoms with Crippen molar-refractivity contribution in [1.29, 1.82) is 0 Å². The lowest BCUT2D eigenvalue weighted by atomic mass is 10.2. The molecule has 0 unspecified atom stereocenters. The molecular weight excluding hydrogens is 174 g/mol. The summed E-state index contributed by atoms with van der Waals surface area (Å²) in [6.07, 6.45) is 1.72. The summed E-state index contributed by atoms with van der Waals surface area (Å²) in [6.45, 7) is 0. The van der Waals surface area contributed by atoms with E-state index in [4.69, 9.17) is 15.6 Å². The predicted octanol–water partition coefficient (Wildman–Crippen LogP) is -0.627. The van der Waals surface area contributed by atoms with Gasteiger partial charge in [-0.2, -0.15) is 0 Å². The highest BCUT2D eigenvalue weighted by Gasteiger charge is 2.13. The van der Waals surface area contributed by atoms with E-state index in [1.807, 2.05) is 0 Å². The minimum Gasteiger partial charge on any atom is -0.480 e. The fourth-order valence-electron chi connectivity index (χ4n) is 0.870. The van der Waals surface area contributed by atoms with Crippen molar-refractivity contribution < 1.29 is 14.6 Å². The zero-order valence-corrected chi connectivity index (χ0v) is 7.15. The number of aromatic amines is 1. The summed E-state index contributed by atoms with van der Waals surface area (Å²) < 4.78 is 4.78. The van der Waals surface area contributed by atoms with Crippen molar-refractivity contribution in [2.45, 2.75) is 12.5 Å². The molecule has 1 aromatic rings. The second kappa shape index (κ2) is 3.90. The van der Waals surface area contributed by atoms with E-state index in [1.165, 1.54) is 13.3 Å². The van der Waals surface area contributed by atoms with E-state index in [1.54, 1.807) is 0 Å². The van der Waals surface area contributed by atoms with Crippen LogP contribution in [-0.2, 0) is 11.2 Å². The first kappa shape index (κ1) is 9.53. The summed E-state index contributed by atoms with van der Waals surface area (Å²) in [5.74, 6) is -1.03. The van der Waals surface area contributed by atoms with Gasteiger partial charge in [0.1, 0.15) is 6.04 Å². The molecule has 13 heavy (non-hydrogen) atoms. The van der Waals surface area contributed by atoms with Gasteiger partial charge in [-0.15, -0.1) is 0 Å². The van der Waals surface area contributed by atoms with E-state index >= 15 is 0 Å². The van der Waals surface area contributed by atoms with Crippen LogP contribution in [0.4, 0.5) is 0 Å². The second-order valence-corrected chi connectivity index (χ2v) is 2.57. The topological polar surface area (TPSA) is 101 Å². The molecule has 0 aliphatic carbocycles. The number of H-pyrrole nitrogens is 1. The van der Waals surface area contributed by atoms with E-state index in [0.29, 0.717) is 11.7 Å². The molecule has 0 bridgehead atoms. The Balaban J connectivity index is 2.58. The van der Waals surface area contributed by atoms with Crippen LogP contribution in [-0.4, -0.2) is 34.2 Å². The van der Waals surface area contributed by atoms with Crippen molar-refractivity contribution in [3.05, 3.63) is 11.9 Å². The number of aliphatic carboxylic acids is 1. The molecule has 0 saturated heterocycles. The van der Waals surface area contributed by atoms with Crippen molar-refractivity contribution in [2.24, 2.45) is 5.73 Å². The third kappa shape index (κ3) is 2.45. The Morgan fingerprint density at radius 2 is 2.62 bits per heavy atom. The highest BCUT2D eigenvalue weighted by Crippen LogP contribution is 2.05. The van der Waals surface area contributed by atoms with Crippen LogP contribution in [0.2, 0.25) is 0 Å². The molecule has 4 N–H and O–H groups in total. The predicted molar refractivity (Wildman–Crippen MR) is 44.5 cm³/mol. The van der Waals surface area contributed by atoms with Crippen LogP contribution in [0.3, 0.4) is 0 Å². The van der Waals surface area contributed by atoms with Gasteiger partial charge in [0.15, 0.2) is 0 Å². The summed E-state index contributed by atoms with van der Waals surface area (Å²) in [4.78, 5) is 17.0. The number of imidazole rings is 1. The second-order valence-electron chi connectivity index (χ2n) is 2.57. The smallest absolute Gasteiger partial charge is 0.320 e. The maximum absolute atomic E-state index is 10.4. The lowest BCUT2D eigenvalue weighted by molar-refractivity contribution is -0.138. The van der Waals surface area contributed by atoms with E-state index in [9.17, 15) is 4.79 Å². The van der Waals surface area contributed by atoms with Gasteiger partial charge in [-0.3, -0.25) is 4.79 Å². The van der Waals surface area contributed by atoms with Crippen LogP contribution in [0.1, 0.15) is 5.69 Å². The van der Waals surface area contributed by atoms with Gasteiger partial charge in [0.25, 0.3) is 6.01 Å². The molecule has 0 amide bonds. The molecule has 0 fully saturated rings. The molecule has 1 aromatic heterocycles. The average Bonchev–Trinajstić information content (AvgIpc) is 2.52. The lowest BCUT2D eigenvalue weighted by Gasteiger charge is -2.02. The number of carboxylic acids is 1.